The van der Waals surface area contributed by atoms with E-state index in [4.69, 9.17) is 28.1 Å². The number of aliphatic hydroxyl groups is 2. The highest BCUT2D eigenvalue weighted by molar-refractivity contribution is 6.73. The molecule has 1 aromatic rings. The van der Waals surface area contributed by atoms with Crippen LogP contribution in [0, 0.1) is 16.7 Å². The molecule has 4 fully saturated rings. The van der Waals surface area contributed by atoms with Gasteiger partial charge in [-0.2, -0.15) is 0 Å². The first-order chi connectivity index (χ1) is 23.4. The van der Waals surface area contributed by atoms with E-state index in [1.807, 2.05) is 26.8 Å². The summed E-state index contributed by atoms with van der Waals surface area (Å²) in [5.74, 6) is -2.71. The van der Waals surface area contributed by atoms with Crippen molar-refractivity contribution < 1.29 is 47.9 Å². The van der Waals surface area contributed by atoms with Gasteiger partial charge in [0.2, 0.25) is 0 Å². The van der Waals surface area contributed by atoms with Gasteiger partial charge in [-0.15, -0.1) is 0 Å². The summed E-state index contributed by atoms with van der Waals surface area (Å²) < 4.78 is 39.8. The molecule has 2 aliphatic carbocycles. The Bertz CT molecular complexity index is 1410. The Labute approximate surface area is 299 Å². The van der Waals surface area contributed by atoms with E-state index in [0.717, 1.165) is 29.3 Å². The lowest BCUT2D eigenvalue weighted by molar-refractivity contribution is -0.348. The van der Waals surface area contributed by atoms with Crippen LogP contribution in [-0.2, 0) is 32.9 Å². The molecule has 0 aromatic heterocycles. The van der Waals surface area contributed by atoms with E-state index in [-0.39, 0.29) is 25.7 Å². The Morgan fingerprint density at radius 2 is 1.64 bits per heavy atom. The molecular formula is C39H60O10Si. The van der Waals surface area contributed by atoms with Crippen molar-refractivity contribution in [3.63, 3.8) is 0 Å². The molecule has 0 radical (unpaired) electrons. The Morgan fingerprint density at radius 1 is 1.00 bits per heavy atom. The lowest BCUT2D eigenvalue weighted by Gasteiger charge is -2.66. The van der Waals surface area contributed by atoms with Crippen LogP contribution >= 0.6 is 0 Å². The van der Waals surface area contributed by atoms with Crippen LogP contribution in [0.5, 0.6) is 0 Å². The lowest BCUT2D eigenvalue weighted by atomic mass is 9.48. The summed E-state index contributed by atoms with van der Waals surface area (Å²) in [6.07, 6.45) is -3.13. The number of carbonyl (C=O) groups is 2. The van der Waals surface area contributed by atoms with E-state index in [0.29, 0.717) is 18.4 Å². The molecule has 11 heteroatoms. The van der Waals surface area contributed by atoms with Crippen LogP contribution in [0.25, 0.3) is 0 Å². The summed E-state index contributed by atoms with van der Waals surface area (Å²) in [6.45, 7) is 20.0. The first-order valence-corrected chi connectivity index (χ1v) is 21.1. The fourth-order valence-corrected chi connectivity index (χ4v) is 12.7. The summed E-state index contributed by atoms with van der Waals surface area (Å²) in [6, 6.07) is 11.7. The number of esters is 2. The molecule has 0 amide bonds. The van der Waals surface area contributed by atoms with Crippen molar-refractivity contribution >= 4 is 20.3 Å². The molecule has 9 atom stereocenters. The number of hydrogen-bond acceptors (Lipinski definition) is 10. The zero-order chi connectivity index (χ0) is 36.9. The number of carbonyl (C=O) groups excluding carboxylic acids is 2. The van der Waals surface area contributed by atoms with Crippen LogP contribution in [-0.4, -0.2) is 91.7 Å². The second-order valence-corrected chi connectivity index (χ2v) is 21.0. The first-order valence-electron chi connectivity index (χ1n) is 18.5. The third kappa shape index (κ3) is 6.76. The fourth-order valence-electron chi connectivity index (χ4n) is 9.77. The molecule has 2 saturated heterocycles. The van der Waals surface area contributed by atoms with Crippen LogP contribution in [0.1, 0.15) is 98.9 Å². The van der Waals surface area contributed by atoms with E-state index < -0.39 is 78.9 Å². The van der Waals surface area contributed by atoms with Gasteiger partial charge in [0.1, 0.15) is 18.3 Å². The van der Waals surface area contributed by atoms with Crippen molar-refractivity contribution in [2.24, 2.45) is 16.7 Å². The third-order valence-corrected chi connectivity index (χ3v) is 17.1. The number of hydrogen-bond donors (Lipinski definition) is 2. The molecule has 1 aromatic carbocycles. The molecule has 2 heterocycles. The molecule has 2 aliphatic heterocycles. The van der Waals surface area contributed by atoms with Gasteiger partial charge in [-0.1, -0.05) is 59.7 Å². The van der Waals surface area contributed by atoms with Gasteiger partial charge in [0.15, 0.2) is 19.7 Å². The van der Waals surface area contributed by atoms with Crippen molar-refractivity contribution in [1.82, 2.24) is 0 Å². The topological polar surface area (TPSA) is 130 Å². The summed E-state index contributed by atoms with van der Waals surface area (Å²) in [5.41, 5.74) is -0.639. The van der Waals surface area contributed by atoms with Crippen LogP contribution < -0.4 is 0 Å². The van der Waals surface area contributed by atoms with Gasteiger partial charge in [0.05, 0.1) is 36.4 Å². The fraction of sp³-hybridized carbons (Fsp3) is 0.744. The van der Waals surface area contributed by atoms with E-state index in [2.05, 4.69) is 41.5 Å². The van der Waals surface area contributed by atoms with Crippen molar-refractivity contribution in [3.05, 3.63) is 47.0 Å². The third-order valence-electron chi connectivity index (χ3n) is 12.4. The predicted octanol–water partition coefficient (Wildman–Crippen LogP) is 6.34. The van der Waals surface area contributed by atoms with Gasteiger partial charge >= 0.3 is 11.9 Å². The normalized spacial score (nSPS) is 36.0. The number of benzene rings is 1. The average molecular weight is 717 g/mol. The minimum Gasteiger partial charge on any atom is -0.458 e. The Balaban J connectivity index is 1.76. The molecular weight excluding hydrogens is 657 g/mol. The van der Waals surface area contributed by atoms with Crippen LogP contribution in [0.15, 0.2) is 41.5 Å². The van der Waals surface area contributed by atoms with Crippen molar-refractivity contribution in [3.8, 4) is 0 Å². The first kappa shape index (κ1) is 39.1. The second-order valence-electron chi connectivity index (χ2n) is 16.3. The summed E-state index contributed by atoms with van der Waals surface area (Å²) in [5, 5.41) is 22.6. The van der Waals surface area contributed by atoms with E-state index in [1.165, 1.54) is 6.92 Å². The monoisotopic (exact) mass is 716 g/mol. The standard InChI is InChI=1S/C39H60O10Si/c1-11-50(12-2,13-3)49-27(19-20-40)24(4)31-32-34(48-37(8,9)47-32)38(10)29(42)21-30-39(23-44-30,46-25(5)41)33(38)28(22-36(31,6)7)45-35(43)26-17-15-14-16-18-26/h14-18,27-30,32-34,40,42H,11-13,19-23H2,1-10H3/t27?,28?,29?,30?,32?,33?,34?,38-,39?/m1/s1. The highest BCUT2D eigenvalue weighted by Gasteiger charge is 2.75. The van der Waals surface area contributed by atoms with E-state index in [9.17, 15) is 19.8 Å². The smallest absolute Gasteiger partial charge is 0.338 e. The molecule has 2 N–H and O–H groups in total. The molecule has 0 bridgehead atoms. The molecule has 8 unspecified atom stereocenters. The summed E-state index contributed by atoms with van der Waals surface area (Å²) >= 11 is 0. The average Bonchev–Trinajstić information content (AvgIpc) is 3.37. The van der Waals surface area contributed by atoms with E-state index >= 15 is 0 Å². The summed E-state index contributed by atoms with van der Waals surface area (Å²) in [4.78, 5) is 26.8. The Hall–Kier alpha value is -2.12. The Morgan fingerprint density at radius 3 is 2.18 bits per heavy atom. The SMILES string of the molecule is CC[Si](CC)(CC)OC(CCO)C(C)=C1C2OC(C)(C)OC2[C@]2(C)C(O)CC3OCC3(OC(C)=O)C2C(OC(=O)c2ccccc2)CC1(C)C. The van der Waals surface area contributed by atoms with Gasteiger partial charge in [-0.3, -0.25) is 4.79 Å². The molecule has 0 spiro atoms. The predicted molar refractivity (Wildman–Crippen MR) is 191 cm³/mol. The van der Waals surface area contributed by atoms with Crippen molar-refractivity contribution in [1.29, 1.82) is 0 Å². The minimum absolute atomic E-state index is 0.0452. The van der Waals surface area contributed by atoms with Crippen LogP contribution in [0.4, 0.5) is 0 Å². The van der Waals surface area contributed by atoms with Gasteiger partial charge in [-0.05, 0) is 80.4 Å². The molecule has 5 rings (SSSR count). The van der Waals surface area contributed by atoms with Gasteiger partial charge in [0.25, 0.3) is 0 Å². The molecule has 50 heavy (non-hydrogen) atoms. The van der Waals surface area contributed by atoms with Gasteiger partial charge in [0, 0.05) is 25.4 Å². The second kappa shape index (κ2) is 14.4. The maximum Gasteiger partial charge on any atom is 0.338 e. The number of fused-ring (bicyclic) bond motifs is 5. The lowest BCUT2D eigenvalue weighted by Crippen LogP contribution is -2.78. The zero-order valence-corrected chi connectivity index (χ0v) is 32.7. The minimum atomic E-state index is -2.13. The highest BCUT2D eigenvalue weighted by atomic mass is 28.4. The molecule has 10 nitrogen and oxygen atoms in total. The molecule has 280 valence electrons. The summed E-state index contributed by atoms with van der Waals surface area (Å²) in [7, 11) is -2.13. The molecule has 4 aliphatic rings. The zero-order valence-electron chi connectivity index (χ0n) is 31.7. The number of ether oxygens (including phenoxy) is 5. The van der Waals surface area contributed by atoms with Gasteiger partial charge < -0.3 is 38.3 Å². The van der Waals surface area contributed by atoms with Crippen LogP contribution in [0.3, 0.4) is 0 Å². The van der Waals surface area contributed by atoms with Gasteiger partial charge in [-0.25, -0.2) is 4.79 Å². The number of aliphatic hydroxyl groups excluding tert-OH is 2. The maximum atomic E-state index is 14.0. The van der Waals surface area contributed by atoms with Crippen molar-refractivity contribution in [2.75, 3.05) is 13.2 Å². The highest BCUT2D eigenvalue weighted by Crippen LogP contribution is 2.63. The Kier molecular flexibility index (Phi) is 11.2. The maximum absolute atomic E-state index is 14.0. The number of rotatable bonds is 11. The van der Waals surface area contributed by atoms with Crippen LogP contribution in [0.2, 0.25) is 18.1 Å². The van der Waals surface area contributed by atoms with Crippen molar-refractivity contribution in [2.45, 2.75) is 155 Å². The quantitative estimate of drug-likeness (QED) is 0.152. The molecule has 2 saturated carbocycles. The van der Waals surface area contributed by atoms with E-state index in [1.54, 1.807) is 24.3 Å². The largest absolute Gasteiger partial charge is 0.458 e.